The average Bonchev–Trinajstić information content (AvgIpc) is 2.67. The molecular weight excluding hydrogens is 354 g/mol. The van der Waals surface area contributed by atoms with Gasteiger partial charge in [-0.3, -0.25) is 4.79 Å². The standard InChI is InChI=1S/C23H29NO4/c1-6-16(4)20-9-7-8-10-21(20)24-22(25)17(5)28-23(26)18-11-13-19(14-12-18)27-15(2)3/h7-17H,6H2,1-5H3,(H,24,25)/t16-,17-/m1/s1. The molecule has 0 aliphatic carbocycles. The molecule has 0 saturated carbocycles. The summed E-state index contributed by atoms with van der Waals surface area (Å²) in [4.78, 5) is 24.8. The third-order valence-electron chi connectivity index (χ3n) is 4.48. The minimum absolute atomic E-state index is 0.0554. The van der Waals surface area contributed by atoms with Gasteiger partial charge >= 0.3 is 5.97 Å². The lowest BCUT2D eigenvalue weighted by Crippen LogP contribution is -2.30. The molecule has 5 heteroatoms. The molecule has 0 heterocycles. The van der Waals surface area contributed by atoms with Gasteiger partial charge in [0.1, 0.15) is 5.75 Å². The summed E-state index contributed by atoms with van der Waals surface area (Å²) in [6.45, 7) is 9.64. The van der Waals surface area contributed by atoms with Crippen molar-refractivity contribution in [2.75, 3.05) is 5.32 Å². The van der Waals surface area contributed by atoms with E-state index in [4.69, 9.17) is 9.47 Å². The van der Waals surface area contributed by atoms with Crippen molar-refractivity contribution < 1.29 is 19.1 Å². The van der Waals surface area contributed by atoms with Gasteiger partial charge in [0.2, 0.25) is 0 Å². The maximum absolute atomic E-state index is 12.5. The lowest BCUT2D eigenvalue weighted by Gasteiger charge is -2.18. The van der Waals surface area contributed by atoms with E-state index in [1.54, 1.807) is 31.2 Å². The van der Waals surface area contributed by atoms with Gasteiger partial charge in [0.15, 0.2) is 6.10 Å². The van der Waals surface area contributed by atoms with Gasteiger partial charge in [0.25, 0.3) is 5.91 Å². The molecule has 0 radical (unpaired) electrons. The number of carbonyl (C=O) groups is 2. The smallest absolute Gasteiger partial charge is 0.338 e. The first-order chi connectivity index (χ1) is 13.3. The zero-order valence-electron chi connectivity index (χ0n) is 17.2. The molecule has 2 aromatic carbocycles. The zero-order chi connectivity index (χ0) is 20.7. The third-order valence-corrected chi connectivity index (χ3v) is 4.48. The highest BCUT2D eigenvalue weighted by Gasteiger charge is 2.20. The number of nitrogens with one attached hydrogen (secondary N) is 1. The zero-order valence-corrected chi connectivity index (χ0v) is 17.2. The largest absolute Gasteiger partial charge is 0.491 e. The molecule has 1 amide bonds. The van der Waals surface area contributed by atoms with Gasteiger partial charge < -0.3 is 14.8 Å². The number of hydrogen-bond acceptors (Lipinski definition) is 4. The minimum Gasteiger partial charge on any atom is -0.491 e. The summed E-state index contributed by atoms with van der Waals surface area (Å²) in [6.07, 6.45) is 0.109. The molecule has 0 aliphatic heterocycles. The van der Waals surface area contributed by atoms with Gasteiger partial charge in [-0.1, -0.05) is 32.0 Å². The number of rotatable bonds is 8. The predicted molar refractivity (Wildman–Crippen MR) is 111 cm³/mol. The van der Waals surface area contributed by atoms with Crippen LogP contribution in [-0.2, 0) is 9.53 Å². The molecule has 150 valence electrons. The number of anilines is 1. The topological polar surface area (TPSA) is 64.6 Å². The van der Waals surface area contributed by atoms with Crippen LogP contribution >= 0.6 is 0 Å². The van der Waals surface area contributed by atoms with E-state index in [0.717, 1.165) is 17.7 Å². The summed E-state index contributed by atoms with van der Waals surface area (Å²) in [5.41, 5.74) is 2.19. The Balaban J connectivity index is 2.00. The lowest BCUT2D eigenvalue weighted by atomic mass is 9.97. The van der Waals surface area contributed by atoms with E-state index in [1.165, 1.54) is 0 Å². The van der Waals surface area contributed by atoms with Crippen LogP contribution in [-0.4, -0.2) is 24.1 Å². The first-order valence-corrected chi connectivity index (χ1v) is 9.69. The number of ether oxygens (including phenoxy) is 2. The molecular formula is C23H29NO4. The quantitative estimate of drug-likeness (QED) is 0.639. The van der Waals surface area contributed by atoms with Crippen molar-refractivity contribution >= 4 is 17.6 Å². The van der Waals surface area contributed by atoms with Gasteiger partial charge in [0.05, 0.1) is 11.7 Å². The van der Waals surface area contributed by atoms with Crippen LogP contribution in [0.2, 0.25) is 0 Å². The van der Waals surface area contributed by atoms with E-state index in [9.17, 15) is 9.59 Å². The SMILES string of the molecule is CC[C@@H](C)c1ccccc1NC(=O)[C@@H](C)OC(=O)c1ccc(OC(C)C)cc1. The van der Waals surface area contributed by atoms with Crippen LogP contribution in [0.4, 0.5) is 5.69 Å². The second-order valence-electron chi connectivity index (χ2n) is 7.12. The summed E-state index contributed by atoms with van der Waals surface area (Å²) in [6, 6.07) is 14.4. The molecule has 2 atom stereocenters. The molecule has 0 bridgehead atoms. The first kappa shape index (κ1) is 21.5. The molecule has 0 saturated heterocycles. The second kappa shape index (κ2) is 9.93. The van der Waals surface area contributed by atoms with Crippen molar-refractivity contribution in [3.8, 4) is 5.75 Å². The predicted octanol–water partition coefficient (Wildman–Crippen LogP) is 5.17. The number of esters is 1. The lowest BCUT2D eigenvalue weighted by molar-refractivity contribution is -0.123. The Bertz CT molecular complexity index is 799. The minimum atomic E-state index is -0.913. The second-order valence-corrected chi connectivity index (χ2v) is 7.12. The third kappa shape index (κ3) is 5.84. The highest BCUT2D eigenvalue weighted by atomic mass is 16.5. The van der Waals surface area contributed by atoms with Crippen LogP contribution < -0.4 is 10.1 Å². The first-order valence-electron chi connectivity index (χ1n) is 9.69. The molecule has 0 spiro atoms. The molecule has 0 aliphatic rings. The Morgan fingerprint density at radius 2 is 1.61 bits per heavy atom. The molecule has 0 fully saturated rings. The summed E-state index contributed by atoms with van der Waals surface area (Å²) in [7, 11) is 0. The molecule has 2 rings (SSSR count). The van der Waals surface area contributed by atoms with E-state index < -0.39 is 12.1 Å². The van der Waals surface area contributed by atoms with Gasteiger partial charge in [-0.05, 0) is 69.0 Å². The maximum Gasteiger partial charge on any atom is 0.338 e. The number of amides is 1. The molecule has 1 N–H and O–H groups in total. The molecule has 5 nitrogen and oxygen atoms in total. The summed E-state index contributed by atoms with van der Waals surface area (Å²) in [5.74, 6) is 0.0951. The fourth-order valence-corrected chi connectivity index (χ4v) is 2.72. The van der Waals surface area contributed by atoms with Gasteiger partial charge in [0, 0.05) is 5.69 Å². The maximum atomic E-state index is 12.5. The molecule has 0 aromatic heterocycles. The number of para-hydroxylation sites is 1. The Morgan fingerprint density at radius 1 is 0.964 bits per heavy atom. The Hall–Kier alpha value is -2.82. The van der Waals surface area contributed by atoms with E-state index in [1.807, 2.05) is 38.1 Å². The van der Waals surface area contributed by atoms with Crippen LogP contribution in [0.1, 0.15) is 62.9 Å². The fraction of sp³-hybridized carbons (Fsp3) is 0.391. The molecule has 0 unspecified atom stereocenters. The molecule has 28 heavy (non-hydrogen) atoms. The van der Waals surface area contributed by atoms with Crippen molar-refractivity contribution in [3.63, 3.8) is 0 Å². The summed E-state index contributed by atoms with van der Waals surface area (Å²) in [5, 5.41) is 2.88. The van der Waals surface area contributed by atoms with Crippen molar-refractivity contribution in [1.82, 2.24) is 0 Å². The van der Waals surface area contributed by atoms with Crippen LogP contribution in [0, 0.1) is 0 Å². The van der Waals surface area contributed by atoms with Crippen LogP contribution in [0.25, 0.3) is 0 Å². The van der Waals surface area contributed by atoms with Gasteiger partial charge in [-0.15, -0.1) is 0 Å². The van der Waals surface area contributed by atoms with Crippen LogP contribution in [0.5, 0.6) is 5.75 Å². The van der Waals surface area contributed by atoms with Crippen molar-refractivity contribution in [2.45, 2.75) is 59.2 Å². The van der Waals surface area contributed by atoms with E-state index in [2.05, 4.69) is 19.2 Å². The Morgan fingerprint density at radius 3 is 2.21 bits per heavy atom. The van der Waals surface area contributed by atoms with Crippen molar-refractivity contribution in [3.05, 3.63) is 59.7 Å². The fourth-order valence-electron chi connectivity index (χ4n) is 2.72. The van der Waals surface area contributed by atoms with E-state index >= 15 is 0 Å². The van der Waals surface area contributed by atoms with Gasteiger partial charge in [-0.25, -0.2) is 4.79 Å². The number of carbonyl (C=O) groups excluding carboxylic acids is 2. The summed E-state index contributed by atoms with van der Waals surface area (Å²) >= 11 is 0. The highest BCUT2D eigenvalue weighted by molar-refractivity contribution is 5.97. The number of hydrogen-bond donors (Lipinski definition) is 1. The molecule has 2 aromatic rings. The Labute approximate surface area is 167 Å². The highest BCUT2D eigenvalue weighted by Crippen LogP contribution is 2.26. The van der Waals surface area contributed by atoms with Gasteiger partial charge in [-0.2, -0.15) is 0 Å². The van der Waals surface area contributed by atoms with E-state index in [0.29, 0.717) is 17.2 Å². The monoisotopic (exact) mass is 383 g/mol. The van der Waals surface area contributed by atoms with Crippen LogP contribution in [0.15, 0.2) is 48.5 Å². The number of benzene rings is 2. The van der Waals surface area contributed by atoms with Crippen molar-refractivity contribution in [2.24, 2.45) is 0 Å². The van der Waals surface area contributed by atoms with Crippen LogP contribution in [0.3, 0.4) is 0 Å². The average molecular weight is 383 g/mol. The van der Waals surface area contributed by atoms with Crippen molar-refractivity contribution in [1.29, 1.82) is 0 Å². The summed E-state index contributed by atoms with van der Waals surface area (Å²) < 4.78 is 10.9. The Kier molecular flexibility index (Phi) is 7.61. The normalized spacial score (nSPS) is 12.9. The van der Waals surface area contributed by atoms with E-state index in [-0.39, 0.29) is 12.0 Å².